The van der Waals surface area contributed by atoms with E-state index in [0.717, 1.165) is 33.9 Å². The first kappa shape index (κ1) is 23.3. The average molecular weight is 507 g/mol. The fourth-order valence-electron chi connectivity index (χ4n) is 4.77. The second-order valence-electron chi connectivity index (χ2n) is 8.67. The van der Waals surface area contributed by atoms with E-state index in [1.54, 1.807) is 18.2 Å². The summed E-state index contributed by atoms with van der Waals surface area (Å²) in [6, 6.07) is 17.8. The Bertz CT molecular complexity index is 1470. The Morgan fingerprint density at radius 3 is 2.40 bits per heavy atom. The molecule has 178 valence electrons. The second-order valence-corrected chi connectivity index (χ2v) is 9.54. The van der Waals surface area contributed by atoms with Crippen LogP contribution in [0.5, 0.6) is 0 Å². The van der Waals surface area contributed by atoms with E-state index in [4.69, 9.17) is 23.2 Å². The predicted molar refractivity (Wildman–Crippen MR) is 143 cm³/mol. The van der Waals surface area contributed by atoms with Crippen molar-refractivity contribution in [2.24, 2.45) is 0 Å². The minimum atomic E-state index is -0.676. The Morgan fingerprint density at radius 1 is 0.943 bits per heavy atom. The van der Waals surface area contributed by atoms with Crippen LogP contribution in [0.25, 0.3) is 21.8 Å². The van der Waals surface area contributed by atoms with Crippen LogP contribution in [-0.2, 0) is 11.3 Å². The summed E-state index contributed by atoms with van der Waals surface area (Å²) in [7, 11) is 0. The van der Waals surface area contributed by atoms with Crippen LogP contribution in [0.3, 0.4) is 0 Å². The van der Waals surface area contributed by atoms with E-state index in [0.29, 0.717) is 34.4 Å². The van der Waals surface area contributed by atoms with Crippen molar-refractivity contribution in [3.05, 3.63) is 82.9 Å². The number of rotatable bonds is 4. The van der Waals surface area contributed by atoms with E-state index in [-0.39, 0.29) is 5.91 Å². The number of carbonyl (C=O) groups excluding carboxylic acids is 2. The van der Waals surface area contributed by atoms with Crippen LogP contribution in [0.15, 0.2) is 72.8 Å². The minimum absolute atomic E-state index is 0.262. The van der Waals surface area contributed by atoms with Gasteiger partial charge in [-0.25, -0.2) is 4.79 Å². The zero-order valence-corrected chi connectivity index (χ0v) is 20.7. The van der Waals surface area contributed by atoms with Crippen molar-refractivity contribution in [2.75, 3.05) is 17.2 Å². The maximum absolute atomic E-state index is 13.3. The van der Waals surface area contributed by atoms with E-state index in [2.05, 4.69) is 40.8 Å². The number of hydrogen-bond donors (Lipinski definition) is 2. The zero-order chi connectivity index (χ0) is 24.7. The first-order valence-electron chi connectivity index (χ1n) is 11.4. The number of halogens is 2. The summed E-state index contributed by atoms with van der Waals surface area (Å²) < 4.78 is 2.26. The van der Waals surface area contributed by atoms with Crippen molar-refractivity contribution in [3.63, 3.8) is 0 Å². The summed E-state index contributed by atoms with van der Waals surface area (Å²) in [5.74, 6) is -0.262. The molecule has 5 rings (SSSR count). The molecule has 3 aromatic carbocycles. The number of para-hydroxylation sites is 1. The van der Waals surface area contributed by atoms with E-state index in [1.165, 1.54) is 4.90 Å². The van der Waals surface area contributed by atoms with Crippen molar-refractivity contribution < 1.29 is 9.59 Å². The van der Waals surface area contributed by atoms with E-state index >= 15 is 0 Å². The van der Waals surface area contributed by atoms with Gasteiger partial charge in [0.2, 0.25) is 5.91 Å². The van der Waals surface area contributed by atoms with Gasteiger partial charge in [0.25, 0.3) is 0 Å². The molecule has 6 nitrogen and oxygen atoms in total. The molecule has 8 heteroatoms. The van der Waals surface area contributed by atoms with Crippen molar-refractivity contribution in [2.45, 2.75) is 25.9 Å². The molecule has 0 radical (unpaired) electrons. The number of fused-ring (bicyclic) bond motifs is 3. The number of urea groups is 1. The lowest BCUT2D eigenvalue weighted by Gasteiger charge is -2.24. The van der Waals surface area contributed by atoms with Gasteiger partial charge in [0, 0.05) is 56.3 Å². The summed E-state index contributed by atoms with van der Waals surface area (Å²) in [6.45, 7) is 7.26. The van der Waals surface area contributed by atoms with Crippen LogP contribution in [0, 0.1) is 0 Å². The summed E-state index contributed by atoms with van der Waals surface area (Å²) in [5, 5.41) is 8.81. The third-order valence-electron chi connectivity index (χ3n) is 6.29. The number of benzene rings is 3. The number of aryl methyl sites for hydroxylation is 1. The molecule has 1 unspecified atom stereocenters. The van der Waals surface area contributed by atoms with Gasteiger partial charge in [-0.15, -0.1) is 0 Å². The van der Waals surface area contributed by atoms with Crippen LogP contribution in [0.2, 0.25) is 10.0 Å². The molecule has 0 bridgehead atoms. The second kappa shape index (κ2) is 9.29. The standard InChI is InChI=1S/C27H24Cl2N4O2/c1-3-32-23-7-5-4-6-21(23)22-14-19(8-9-24(22)32)30-26(34)25-10-16(2)15-33(25)27(35)31-20-12-17(28)11-18(29)13-20/h4-9,11-14,25H,2-3,10,15H2,1H3,(H,30,34)(H,31,35). The van der Waals surface area contributed by atoms with Gasteiger partial charge in [0.15, 0.2) is 0 Å². The molecule has 1 aromatic heterocycles. The van der Waals surface area contributed by atoms with Gasteiger partial charge < -0.3 is 20.1 Å². The topological polar surface area (TPSA) is 66.4 Å². The van der Waals surface area contributed by atoms with Crippen LogP contribution < -0.4 is 10.6 Å². The molecule has 1 aliphatic rings. The molecular weight excluding hydrogens is 483 g/mol. The molecule has 0 spiro atoms. The molecule has 2 heterocycles. The predicted octanol–water partition coefficient (Wildman–Crippen LogP) is 6.92. The van der Waals surface area contributed by atoms with Gasteiger partial charge in [0.05, 0.1) is 0 Å². The monoisotopic (exact) mass is 506 g/mol. The molecule has 1 saturated heterocycles. The minimum Gasteiger partial charge on any atom is -0.341 e. The van der Waals surface area contributed by atoms with Gasteiger partial charge >= 0.3 is 6.03 Å². The highest BCUT2D eigenvalue weighted by molar-refractivity contribution is 6.35. The van der Waals surface area contributed by atoms with Crippen LogP contribution in [-0.4, -0.2) is 34.0 Å². The fourth-order valence-corrected chi connectivity index (χ4v) is 5.29. The van der Waals surface area contributed by atoms with Crippen LogP contribution >= 0.6 is 23.2 Å². The number of likely N-dealkylation sites (tertiary alicyclic amines) is 1. The summed E-state index contributed by atoms with van der Waals surface area (Å²) in [5.41, 5.74) is 4.22. The number of carbonyl (C=O) groups is 2. The van der Waals surface area contributed by atoms with Crippen LogP contribution in [0.1, 0.15) is 13.3 Å². The van der Waals surface area contributed by atoms with Gasteiger partial charge in [-0.3, -0.25) is 4.79 Å². The van der Waals surface area contributed by atoms with Gasteiger partial charge in [-0.1, -0.05) is 53.6 Å². The molecule has 35 heavy (non-hydrogen) atoms. The quantitative estimate of drug-likeness (QED) is 0.295. The maximum atomic E-state index is 13.3. The number of nitrogens with one attached hydrogen (secondary N) is 2. The van der Waals surface area contributed by atoms with E-state index in [9.17, 15) is 9.59 Å². The fraction of sp³-hybridized carbons (Fsp3) is 0.185. The summed E-state index contributed by atoms with van der Waals surface area (Å²) in [4.78, 5) is 27.8. The normalized spacial score (nSPS) is 15.7. The first-order valence-corrected chi connectivity index (χ1v) is 12.1. The molecule has 4 aromatic rings. The van der Waals surface area contributed by atoms with Crippen molar-refractivity contribution in [1.82, 2.24) is 9.47 Å². The van der Waals surface area contributed by atoms with Gasteiger partial charge in [0.1, 0.15) is 6.04 Å². The number of hydrogen-bond acceptors (Lipinski definition) is 2. The third kappa shape index (κ3) is 4.47. The van der Waals surface area contributed by atoms with Crippen LogP contribution in [0.4, 0.5) is 16.2 Å². The smallest absolute Gasteiger partial charge is 0.322 e. The Morgan fingerprint density at radius 2 is 1.66 bits per heavy atom. The summed E-state index contributed by atoms with van der Waals surface area (Å²) in [6.07, 6.45) is 0.396. The molecule has 2 N–H and O–H groups in total. The summed E-state index contributed by atoms with van der Waals surface area (Å²) >= 11 is 12.1. The highest BCUT2D eigenvalue weighted by atomic mass is 35.5. The Hall–Kier alpha value is -3.48. The lowest BCUT2D eigenvalue weighted by molar-refractivity contribution is -0.119. The highest BCUT2D eigenvalue weighted by Gasteiger charge is 2.36. The largest absolute Gasteiger partial charge is 0.341 e. The van der Waals surface area contributed by atoms with Gasteiger partial charge in [-0.2, -0.15) is 0 Å². The Kier molecular flexibility index (Phi) is 6.17. The zero-order valence-electron chi connectivity index (χ0n) is 19.1. The van der Waals surface area contributed by atoms with Crippen molar-refractivity contribution >= 4 is 68.3 Å². The lowest BCUT2D eigenvalue weighted by atomic mass is 10.1. The number of amides is 3. The third-order valence-corrected chi connectivity index (χ3v) is 6.72. The molecule has 1 fully saturated rings. The molecule has 1 atom stereocenters. The lowest BCUT2D eigenvalue weighted by Crippen LogP contribution is -2.45. The SMILES string of the molecule is C=C1CC(C(=O)Nc2ccc3c(c2)c2ccccc2n3CC)N(C(=O)Nc2cc(Cl)cc(Cl)c2)C1. The Balaban J connectivity index is 1.38. The van der Waals surface area contributed by atoms with E-state index in [1.807, 2.05) is 30.3 Å². The van der Waals surface area contributed by atoms with Crippen molar-refractivity contribution in [1.29, 1.82) is 0 Å². The highest BCUT2D eigenvalue weighted by Crippen LogP contribution is 2.32. The Labute approximate surface area is 213 Å². The molecule has 1 aliphatic heterocycles. The number of aromatic nitrogens is 1. The maximum Gasteiger partial charge on any atom is 0.322 e. The molecule has 3 amide bonds. The number of nitrogens with zero attached hydrogens (tertiary/aromatic N) is 2. The average Bonchev–Trinajstić information content (AvgIpc) is 3.36. The molecule has 0 aliphatic carbocycles. The molecule has 0 saturated carbocycles. The number of anilines is 2. The van der Waals surface area contributed by atoms with E-state index < -0.39 is 12.1 Å². The van der Waals surface area contributed by atoms with Crippen molar-refractivity contribution in [3.8, 4) is 0 Å². The molecular formula is C27H24Cl2N4O2. The van der Waals surface area contributed by atoms with Gasteiger partial charge in [-0.05, 0) is 55.8 Å². The first-order chi connectivity index (χ1) is 16.8.